The van der Waals surface area contributed by atoms with Crippen LogP contribution in [-0.2, 0) is 14.8 Å². The van der Waals surface area contributed by atoms with Gasteiger partial charge in [0.15, 0.2) is 0 Å². The minimum Gasteiger partial charge on any atom is -0.383 e. The van der Waals surface area contributed by atoms with Crippen molar-refractivity contribution in [1.29, 1.82) is 0 Å². The molecule has 2 aromatic carbocycles. The summed E-state index contributed by atoms with van der Waals surface area (Å²) in [5.41, 5.74) is 0.736. The Morgan fingerprint density at radius 3 is 2.25 bits per heavy atom. The quantitative estimate of drug-likeness (QED) is 0.500. The van der Waals surface area contributed by atoms with Gasteiger partial charge in [-0.1, -0.05) is 0 Å². The van der Waals surface area contributed by atoms with Gasteiger partial charge in [-0.05, 0) is 48.5 Å². The van der Waals surface area contributed by atoms with Crippen molar-refractivity contribution in [3.8, 4) is 0 Å². The lowest BCUT2D eigenvalue weighted by Crippen LogP contribution is -2.33. The van der Waals surface area contributed by atoms with E-state index < -0.39 is 21.7 Å². The molecule has 154 valence electrons. The van der Waals surface area contributed by atoms with Crippen LogP contribution in [0.3, 0.4) is 0 Å². The first-order valence-electron chi connectivity index (χ1n) is 8.29. The lowest BCUT2D eigenvalue weighted by Gasteiger charge is -2.09. The predicted octanol–water partition coefficient (Wildman–Crippen LogP) is 2.01. The molecule has 0 aliphatic rings. The summed E-state index contributed by atoms with van der Waals surface area (Å²) in [4.78, 5) is 12.2. The van der Waals surface area contributed by atoms with E-state index in [-0.39, 0.29) is 23.8 Å². The summed E-state index contributed by atoms with van der Waals surface area (Å²) in [7, 11) is -2.04. The van der Waals surface area contributed by atoms with Gasteiger partial charge in [0.2, 0.25) is 10.0 Å². The third kappa shape index (κ3) is 7.53. The molecule has 0 bridgehead atoms. The Balaban J connectivity index is 0.00000392. The number of sulfonamides is 1. The predicted molar refractivity (Wildman–Crippen MR) is 108 cm³/mol. The SMILES string of the molecule is COCCNCCNS(=O)(=O)c1ccc(NC(=O)c2ccc(F)cc2)cc1.Cl. The number of halogens is 2. The number of ether oxygens (including phenoxy) is 1. The van der Waals surface area contributed by atoms with Gasteiger partial charge in [-0.15, -0.1) is 12.4 Å². The molecule has 3 N–H and O–H groups in total. The molecule has 0 saturated heterocycles. The van der Waals surface area contributed by atoms with Crippen molar-refractivity contribution < 1.29 is 22.3 Å². The largest absolute Gasteiger partial charge is 0.383 e. The molecule has 0 atom stereocenters. The summed E-state index contributed by atoms with van der Waals surface area (Å²) >= 11 is 0. The highest BCUT2D eigenvalue weighted by atomic mass is 35.5. The maximum absolute atomic E-state index is 12.9. The van der Waals surface area contributed by atoms with Crippen LogP contribution in [0.4, 0.5) is 10.1 Å². The monoisotopic (exact) mass is 431 g/mol. The van der Waals surface area contributed by atoms with Gasteiger partial charge in [-0.3, -0.25) is 4.79 Å². The number of anilines is 1. The van der Waals surface area contributed by atoms with E-state index in [1.54, 1.807) is 7.11 Å². The van der Waals surface area contributed by atoms with Crippen LogP contribution in [0.2, 0.25) is 0 Å². The normalized spacial score (nSPS) is 10.9. The van der Waals surface area contributed by atoms with Crippen LogP contribution in [0.5, 0.6) is 0 Å². The van der Waals surface area contributed by atoms with Gasteiger partial charge < -0.3 is 15.4 Å². The van der Waals surface area contributed by atoms with E-state index in [0.717, 1.165) is 0 Å². The Bertz CT molecular complexity index is 846. The fraction of sp³-hybridized carbons (Fsp3) is 0.278. The van der Waals surface area contributed by atoms with Gasteiger partial charge in [0.05, 0.1) is 11.5 Å². The molecule has 0 saturated carbocycles. The van der Waals surface area contributed by atoms with Crippen molar-refractivity contribution in [3.63, 3.8) is 0 Å². The van der Waals surface area contributed by atoms with Crippen LogP contribution < -0.4 is 15.4 Å². The van der Waals surface area contributed by atoms with Crippen LogP contribution in [-0.4, -0.2) is 47.7 Å². The average molecular weight is 432 g/mol. The summed E-state index contributed by atoms with van der Waals surface area (Å²) in [6.45, 7) is 1.92. The number of methoxy groups -OCH3 is 1. The van der Waals surface area contributed by atoms with Gasteiger partial charge in [0, 0.05) is 38.0 Å². The molecule has 0 radical (unpaired) electrons. The molecule has 10 heteroatoms. The average Bonchev–Trinajstić information content (AvgIpc) is 2.65. The zero-order chi connectivity index (χ0) is 19.7. The summed E-state index contributed by atoms with van der Waals surface area (Å²) in [6, 6.07) is 10.9. The lowest BCUT2D eigenvalue weighted by molar-refractivity contribution is 0.102. The van der Waals surface area contributed by atoms with Crippen molar-refractivity contribution in [3.05, 3.63) is 59.9 Å². The number of rotatable bonds is 10. The second-order valence-electron chi connectivity index (χ2n) is 5.63. The smallest absolute Gasteiger partial charge is 0.255 e. The molecular weight excluding hydrogens is 409 g/mol. The van der Waals surface area contributed by atoms with Gasteiger partial charge >= 0.3 is 0 Å². The van der Waals surface area contributed by atoms with Crippen molar-refractivity contribution in [2.24, 2.45) is 0 Å². The Labute approximate surface area is 170 Å². The summed E-state index contributed by atoms with van der Waals surface area (Å²) < 4.78 is 44.7. The number of hydrogen-bond acceptors (Lipinski definition) is 5. The van der Waals surface area contributed by atoms with Crippen molar-refractivity contribution in [2.45, 2.75) is 4.90 Å². The van der Waals surface area contributed by atoms with Crippen LogP contribution >= 0.6 is 12.4 Å². The Morgan fingerprint density at radius 2 is 1.64 bits per heavy atom. The lowest BCUT2D eigenvalue weighted by atomic mass is 10.2. The molecule has 0 fully saturated rings. The van der Waals surface area contributed by atoms with Crippen molar-refractivity contribution in [2.75, 3.05) is 38.7 Å². The van der Waals surface area contributed by atoms with Gasteiger partial charge in [-0.25, -0.2) is 17.5 Å². The van der Waals surface area contributed by atoms with Gasteiger partial charge in [-0.2, -0.15) is 0 Å². The number of nitrogens with one attached hydrogen (secondary N) is 3. The minimum atomic E-state index is -3.63. The fourth-order valence-electron chi connectivity index (χ4n) is 2.18. The molecule has 2 aromatic rings. The van der Waals surface area contributed by atoms with Gasteiger partial charge in [0.25, 0.3) is 5.91 Å². The van der Waals surface area contributed by atoms with E-state index in [0.29, 0.717) is 30.9 Å². The minimum absolute atomic E-state index is 0. The molecule has 0 unspecified atom stereocenters. The molecule has 0 spiro atoms. The van der Waals surface area contributed by atoms with Crippen molar-refractivity contribution in [1.82, 2.24) is 10.0 Å². The number of hydrogen-bond donors (Lipinski definition) is 3. The fourth-order valence-corrected chi connectivity index (χ4v) is 3.21. The molecular formula is C18H23ClFN3O4S. The van der Waals surface area contributed by atoms with Crippen LogP contribution in [0.1, 0.15) is 10.4 Å². The summed E-state index contributed by atoms with van der Waals surface area (Å²) in [5.74, 6) is -0.839. The number of benzene rings is 2. The molecule has 0 aliphatic heterocycles. The van der Waals surface area contributed by atoms with E-state index in [1.807, 2.05) is 0 Å². The van der Waals surface area contributed by atoms with E-state index in [9.17, 15) is 17.6 Å². The summed E-state index contributed by atoms with van der Waals surface area (Å²) in [6.07, 6.45) is 0. The molecule has 0 aromatic heterocycles. The van der Waals surface area contributed by atoms with E-state index in [1.165, 1.54) is 48.5 Å². The zero-order valence-electron chi connectivity index (χ0n) is 15.3. The number of amides is 1. The zero-order valence-corrected chi connectivity index (χ0v) is 16.9. The Hall–Kier alpha value is -2.04. The number of carbonyl (C=O) groups excluding carboxylic acids is 1. The number of carbonyl (C=O) groups is 1. The second-order valence-corrected chi connectivity index (χ2v) is 7.39. The van der Waals surface area contributed by atoms with Gasteiger partial charge in [0.1, 0.15) is 5.82 Å². The van der Waals surface area contributed by atoms with Crippen molar-refractivity contribution >= 4 is 34.0 Å². The molecule has 28 heavy (non-hydrogen) atoms. The Kier molecular flexibility index (Phi) is 10.0. The third-order valence-electron chi connectivity index (χ3n) is 3.61. The third-order valence-corrected chi connectivity index (χ3v) is 5.08. The first kappa shape index (κ1) is 24.0. The van der Waals surface area contributed by atoms with E-state index in [2.05, 4.69) is 15.4 Å². The topological polar surface area (TPSA) is 96.5 Å². The standard InChI is InChI=1S/C18H22FN3O4S.ClH/c1-26-13-12-20-10-11-21-27(24,25)17-8-6-16(7-9-17)22-18(23)14-2-4-15(19)5-3-14;/h2-9,20-21H,10-13H2,1H3,(H,22,23);1H. The first-order valence-corrected chi connectivity index (χ1v) is 9.77. The highest BCUT2D eigenvalue weighted by Gasteiger charge is 2.13. The molecule has 1 amide bonds. The Morgan fingerprint density at radius 1 is 1.00 bits per heavy atom. The van der Waals surface area contributed by atoms with E-state index in [4.69, 9.17) is 4.74 Å². The molecule has 2 rings (SSSR count). The maximum Gasteiger partial charge on any atom is 0.255 e. The molecule has 0 heterocycles. The van der Waals surface area contributed by atoms with Crippen LogP contribution in [0.15, 0.2) is 53.4 Å². The molecule has 0 aliphatic carbocycles. The summed E-state index contributed by atoms with van der Waals surface area (Å²) in [5, 5.41) is 5.67. The van der Waals surface area contributed by atoms with E-state index >= 15 is 0 Å². The molecule has 7 nitrogen and oxygen atoms in total. The second kappa shape index (κ2) is 11.7. The van der Waals surface area contributed by atoms with Crippen LogP contribution in [0.25, 0.3) is 0 Å². The maximum atomic E-state index is 12.9. The van der Waals surface area contributed by atoms with Crippen LogP contribution in [0, 0.1) is 5.82 Å². The highest BCUT2D eigenvalue weighted by molar-refractivity contribution is 7.89. The first-order chi connectivity index (χ1) is 12.9. The highest BCUT2D eigenvalue weighted by Crippen LogP contribution is 2.15.